The number of carbonyl (C=O) groups is 4. The number of ether oxygens (including phenoxy) is 1. The second-order valence-electron chi connectivity index (χ2n) is 15.1. The van der Waals surface area contributed by atoms with Crippen LogP contribution in [0.3, 0.4) is 0 Å². The van der Waals surface area contributed by atoms with Gasteiger partial charge in [0.25, 0.3) is 11.8 Å². The summed E-state index contributed by atoms with van der Waals surface area (Å²) in [5, 5.41) is 36.7. The van der Waals surface area contributed by atoms with E-state index in [1.54, 1.807) is 42.5 Å². The molecule has 4 aliphatic rings. The number of aromatic hydroxyl groups is 1. The Hall–Kier alpha value is -6.52. The molecule has 4 aromatic carbocycles. The first-order chi connectivity index (χ1) is 28.1. The van der Waals surface area contributed by atoms with Gasteiger partial charge in [0, 0.05) is 37.2 Å². The minimum atomic E-state index is -1.69. The maximum absolute atomic E-state index is 15.4. The molecule has 6 atom stereocenters. The Morgan fingerprint density at radius 3 is 2.15 bits per heavy atom. The number of allylic oxidation sites excluding steroid dienone is 2. The van der Waals surface area contributed by atoms with E-state index in [1.165, 1.54) is 56.4 Å². The van der Waals surface area contributed by atoms with Crippen molar-refractivity contribution < 1.29 is 38.9 Å². The Morgan fingerprint density at radius 1 is 0.881 bits per heavy atom. The number of carbonyl (C=O) groups excluding carboxylic acids is 4. The fraction of sp³-hybridized carbons (Fsp3) is 0.268. The second-order valence-corrected chi connectivity index (χ2v) is 15.9. The average Bonchev–Trinajstić information content (AvgIpc) is 3.58. The highest BCUT2D eigenvalue weighted by Crippen LogP contribution is 2.64. The number of benzene rings is 4. The molecule has 8 rings (SSSR count). The lowest BCUT2D eigenvalue weighted by Gasteiger charge is -2.50. The minimum Gasteiger partial charge on any atom is -0.508 e. The number of hydrogen-bond donors (Lipinski definition) is 2. The van der Waals surface area contributed by atoms with Crippen molar-refractivity contribution in [1.82, 2.24) is 5.01 Å². The molecule has 59 heavy (non-hydrogen) atoms. The number of phenols is 1. The predicted molar refractivity (Wildman–Crippen MR) is 215 cm³/mol. The zero-order chi connectivity index (χ0) is 42.2. The van der Waals surface area contributed by atoms with E-state index in [1.807, 2.05) is 0 Å². The molecular formula is C41H34Cl2N6O10. The predicted octanol–water partition coefficient (Wildman–Crippen LogP) is 6.78. The Balaban J connectivity index is 1.31. The van der Waals surface area contributed by atoms with Crippen molar-refractivity contribution in [3.8, 4) is 11.5 Å². The number of hydrogen-bond acceptors (Lipinski definition) is 12. The molecule has 0 bridgehead atoms. The van der Waals surface area contributed by atoms with Gasteiger partial charge in [0.15, 0.2) is 5.69 Å². The zero-order valence-electron chi connectivity index (χ0n) is 31.5. The van der Waals surface area contributed by atoms with Crippen molar-refractivity contribution >= 4 is 75.3 Å². The fourth-order valence-corrected chi connectivity index (χ4v) is 10.1. The number of rotatable bonds is 9. The summed E-state index contributed by atoms with van der Waals surface area (Å²) in [6.07, 6.45) is 1.69. The van der Waals surface area contributed by atoms with Crippen LogP contribution in [0, 0.1) is 43.9 Å². The van der Waals surface area contributed by atoms with Crippen molar-refractivity contribution in [1.29, 1.82) is 0 Å². The van der Waals surface area contributed by atoms with Crippen LogP contribution in [0.1, 0.15) is 29.9 Å². The van der Waals surface area contributed by atoms with Crippen LogP contribution in [-0.2, 0) is 24.6 Å². The van der Waals surface area contributed by atoms with Gasteiger partial charge in [-0.2, -0.15) is 5.01 Å². The highest BCUT2D eigenvalue weighted by Gasteiger charge is 2.70. The molecule has 3 fully saturated rings. The molecule has 0 radical (unpaired) electrons. The first kappa shape index (κ1) is 39.3. The van der Waals surface area contributed by atoms with Gasteiger partial charge in [0.2, 0.25) is 11.8 Å². The van der Waals surface area contributed by atoms with Crippen molar-refractivity contribution in [3.05, 3.63) is 132 Å². The number of phenolic OH excluding ortho intramolecular Hbond substituents is 1. The standard InChI is InChI=1S/C41H34Cl2N6O10/c1-45(2)36-32(48(55)56)17-23(18-33(36)49(57)58)46-37(51)27-13-12-26-28(34(27)39(46)53)19-29-38(52)47(44-31-14-9-22(42)16-30(31)43)40(54)41(29,21-7-10-25(59-3)11-8-21)35(26)20-5-4-6-24(50)15-20/h4-12,14-18,27-29,34-35,44,50H,13,19H2,1-3H3. The minimum absolute atomic E-state index is 0.000694. The number of anilines is 3. The van der Waals surface area contributed by atoms with Crippen molar-refractivity contribution in [3.63, 3.8) is 0 Å². The fourth-order valence-electron chi connectivity index (χ4n) is 9.63. The highest BCUT2D eigenvalue weighted by molar-refractivity contribution is 6.36. The second kappa shape index (κ2) is 14.4. The summed E-state index contributed by atoms with van der Waals surface area (Å²) in [4.78, 5) is 84.3. The number of halogens is 2. The van der Waals surface area contributed by atoms with Gasteiger partial charge in [-0.15, -0.1) is 0 Å². The first-order valence-electron chi connectivity index (χ1n) is 18.4. The summed E-state index contributed by atoms with van der Waals surface area (Å²) in [5.41, 5.74) is 0.889. The van der Waals surface area contributed by atoms with Gasteiger partial charge >= 0.3 is 11.4 Å². The number of methoxy groups -OCH3 is 1. The Bertz CT molecular complexity index is 2510. The number of nitro groups is 2. The van der Waals surface area contributed by atoms with E-state index in [2.05, 4.69) is 5.43 Å². The molecule has 2 N–H and O–H groups in total. The van der Waals surface area contributed by atoms with Gasteiger partial charge in [-0.25, -0.2) is 4.90 Å². The Kier molecular flexibility index (Phi) is 9.59. The lowest BCUT2D eigenvalue weighted by Crippen LogP contribution is -2.53. The maximum Gasteiger partial charge on any atom is 0.301 e. The molecule has 2 heterocycles. The van der Waals surface area contributed by atoms with Gasteiger partial charge in [-0.3, -0.25) is 44.8 Å². The van der Waals surface area contributed by atoms with Crippen molar-refractivity contribution in [2.75, 3.05) is 36.4 Å². The van der Waals surface area contributed by atoms with Gasteiger partial charge in [-0.05, 0) is 72.4 Å². The third-order valence-corrected chi connectivity index (χ3v) is 12.5. The molecule has 0 spiro atoms. The average molecular weight is 842 g/mol. The molecule has 2 saturated heterocycles. The van der Waals surface area contributed by atoms with Gasteiger partial charge < -0.3 is 14.7 Å². The Morgan fingerprint density at radius 2 is 1.56 bits per heavy atom. The van der Waals surface area contributed by atoms with Crippen LogP contribution in [-0.4, -0.2) is 64.8 Å². The summed E-state index contributed by atoms with van der Waals surface area (Å²) in [5.74, 6) is -7.55. The first-order valence-corrected chi connectivity index (χ1v) is 19.1. The summed E-state index contributed by atoms with van der Waals surface area (Å²) in [6, 6.07) is 19.4. The number of hydrazine groups is 1. The molecule has 302 valence electrons. The van der Waals surface area contributed by atoms with Crippen LogP contribution in [0.15, 0.2) is 90.5 Å². The topological polar surface area (TPSA) is 206 Å². The molecule has 1 saturated carbocycles. The van der Waals surface area contributed by atoms with E-state index in [0.717, 1.165) is 22.0 Å². The van der Waals surface area contributed by atoms with Crippen LogP contribution >= 0.6 is 23.2 Å². The van der Waals surface area contributed by atoms with Crippen LogP contribution in [0.25, 0.3) is 0 Å². The largest absolute Gasteiger partial charge is 0.508 e. The molecule has 2 aliphatic heterocycles. The molecule has 0 aromatic heterocycles. The summed E-state index contributed by atoms with van der Waals surface area (Å²) in [7, 11) is 4.29. The van der Waals surface area contributed by atoms with Crippen molar-refractivity contribution in [2.45, 2.75) is 24.2 Å². The number of fused-ring (bicyclic) bond motifs is 4. The number of nitro benzene ring substituents is 2. The monoisotopic (exact) mass is 840 g/mol. The smallest absolute Gasteiger partial charge is 0.301 e. The van der Waals surface area contributed by atoms with Crippen LogP contribution in [0.2, 0.25) is 10.0 Å². The summed E-state index contributed by atoms with van der Waals surface area (Å²) < 4.78 is 5.43. The number of imide groups is 2. The molecule has 4 amide bonds. The third kappa shape index (κ3) is 5.96. The SMILES string of the molecule is COc1ccc(C23C(=O)N(Nc4ccc(Cl)cc4Cl)C(=O)C2CC2C(=CCC4C(=O)N(c5cc([N+](=O)[O-])c(N(C)C)c([N+](=O)[O-])c5)C(=O)C42)C3c2cccc(O)c2)cc1. The van der Waals surface area contributed by atoms with Gasteiger partial charge in [-0.1, -0.05) is 59.1 Å². The number of nitrogens with zero attached hydrogens (tertiary/aromatic N) is 5. The van der Waals surface area contributed by atoms with E-state index in [0.29, 0.717) is 27.5 Å². The highest BCUT2D eigenvalue weighted by atomic mass is 35.5. The van der Waals surface area contributed by atoms with Gasteiger partial charge in [0.1, 0.15) is 11.5 Å². The van der Waals surface area contributed by atoms with E-state index < -0.39 is 79.9 Å². The van der Waals surface area contributed by atoms with Crippen LogP contribution < -0.4 is 20.0 Å². The normalized spacial score (nSPS) is 24.6. The van der Waals surface area contributed by atoms with E-state index in [-0.39, 0.29) is 40.7 Å². The van der Waals surface area contributed by atoms with E-state index >= 15 is 4.79 Å². The molecule has 18 heteroatoms. The lowest BCUT2D eigenvalue weighted by atomic mass is 9.49. The quantitative estimate of drug-likeness (QED) is 0.0775. The van der Waals surface area contributed by atoms with E-state index in [9.17, 15) is 39.7 Å². The molecule has 2 aliphatic carbocycles. The molecule has 6 unspecified atom stereocenters. The summed E-state index contributed by atoms with van der Waals surface area (Å²) >= 11 is 12.7. The summed E-state index contributed by atoms with van der Waals surface area (Å²) in [6.45, 7) is 0. The third-order valence-electron chi connectivity index (χ3n) is 11.9. The van der Waals surface area contributed by atoms with Crippen LogP contribution in [0.5, 0.6) is 11.5 Å². The molecule has 16 nitrogen and oxygen atoms in total. The lowest BCUT2D eigenvalue weighted by molar-refractivity contribution is -0.392. The number of nitrogens with one attached hydrogen (secondary N) is 1. The van der Waals surface area contributed by atoms with Crippen molar-refractivity contribution in [2.24, 2.45) is 23.7 Å². The molecular weight excluding hydrogens is 807 g/mol. The molecule has 4 aromatic rings. The Labute approximate surface area is 345 Å². The van der Waals surface area contributed by atoms with Gasteiger partial charge in [0.05, 0.1) is 56.5 Å². The maximum atomic E-state index is 15.4. The number of amides is 4. The van der Waals surface area contributed by atoms with E-state index in [4.69, 9.17) is 27.9 Å². The van der Waals surface area contributed by atoms with Crippen LogP contribution in [0.4, 0.5) is 28.4 Å². The zero-order valence-corrected chi connectivity index (χ0v) is 33.0.